The highest BCUT2D eigenvalue weighted by Crippen LogP contribution is 2.24. The molecule has 1 saturated heterocycles. The average molecular weight is 386 g/mol. The lowest BCUT2D eigenvalue weighted by molar-refractivity contribution is 0.182. The van der Waals surface area contributed by atoms with Crippen molar-refractivity contribution in [1.29, 1.82) is 0 Å². The van der Waals surface area contributed by atoms with Gasteiger partial charge in [-0.05, 0) is 20.8 Å². The van der Waals surface area contributed by atoms with Crippen molar-refractivity contribution in [3.63, 3.8) is 0 Å². The summed E-state index contributed by atoms with van der Waals surface area (Å²) in [5.74, 6) is 0.326. The zero-order chi connectivity index (χ0) is 18.2. The van der Waals surface area contributed by atoms with E-state index < -0.39 is 10.0 Å². The maximum absolute atomic E-state index is 12.8. The number of hydrogen-bond donors (Lipinski definition) is 0. The molecule has 0 radical (unpaired) electrons. The third-order valence-electron chi connectivity index (χ3n) is 4.51. The Morgan fingerprint density at radius 1 is 1.16 bits per heavy atom. The smallest absolute Gasteiger partial charge is 0.307 e. The van der Waals surface area contributed by atoms with Gasteiger partial charge in [0.15, 0.2) is 5.76 Å². The number of hydrogen-bond acceptors (Lipinski definition) is 7. The van der Waals surface area contributed by atoms with E-state index >= 15 is 0 Å². The molecule has 0 atom stereocenters. The van der Waals surface area contributed by atoms with Gasteiger partial charge in [-0.2, -0.15) is 4.31 Å². The van der Waals surface area contributed by atoms with E-state index in [1.807, 2.05) is 12.3 Å². The summed E-state index contributed by atoms with van der Waals surface area (Å²) in [4.78, 5) is 14.2. The zero-order valence-corrected chi connectivity index (χ0v) is 16.2. The summed E-state index contributed by atoms with van der Waals surface area (Å²) in [5.41, 5.74) is 1.36. The number of rotatable bonds is 5. The Morgan fingerprint density at radius 2 is 1.84 bits per heavy atom. The molecule has 8 nitrogen and oxygen atoms in total. The van der Waals surface area contributed by atoms with Gasteiger partial charge in [-0.1, -0.05) is 16.5 Å². The van der Waals surface area contributed by atoms with Crippen LogP contribution in [0.1, 0.15) is 17.1 Å². The van der Waals surface area contributed by atoms with E-state index in [1.54, 1.807) is 18.4 Å². The van der Waals surface area contributed by atoms with Gasteiger partial charge >= 0.3 is 4.87 Å². The first kappa shape index (κ1) is 18.3. The fourth-order valence-electron chi connectivity index (χ4n) is 3.08. The summed E-state index contributed by atoms with van der Waals surface area (Å²) in [7, 11) is -3.58. The van der Waals surface area contributed by atoms with Gasteiger partial charge in [-0.25, -0.2) is 8.42 Å². The van der Waals surface area contributed by atoms with Crippen molar-refractivity contribution >= 4 is 21.4 Å². The van der Waals surface area contributed by atoms with Crippen LogP contribution in [0.3, 0.4) is 0 Å². The van der Waals surface area contributed by atoms with Gasteiger partial charge in [0, 0.05) is 50.3 Å². The van der Waals surface area contributed by atoms with E-state index in [0.29, 0.717) is 44.2 Å². The van der Waals surface area contributed by atoms with Crippen LogP contribution in [0.15, 0.2) is 19.6 Å². The molecule has 0 spiro atoms. The van der Waals surface area contributed by atoms with Crippen molar-refractivity contribution in [2.24, 2.45) is 0 Å². The normalized spacial score (nSPS) is 17.2. The zero-order valence-electron chi connectivity index (χ0n) is 14.6. The van der Waals surface area contributed by atoms with Crippen LogP contribution in [-0.2, 0) is 16.6 Å². The number of nitrogens with zero attached hydrogens (tertiary/aromatic N) is 4. The highest BCUT2D eigenvalue weighted by Gasteiger charge is 2.33. The predicted molar refractivity (Wildman–Crippen MR) is 94.5 cm³/mol. The van der Waals surface area contributed by atoms with E-state index in [4.69, 9.17) is 4.52 Å². The van der Waals surface area contributed by atoms with Crippen LogP contribution in [0, 0.1) is 20.8 Å². The third kappa shape index (κ3) is 3.57. The second-order valence-electron chi connectivity index (χ2n) is 6.19. The highest BCUT2D eigenvalue weighted by atomic mass is 32.2. The molecule has 25 heavy (non-hydrogen) atoms. The molecule has 0 amide bonds. The largest absolute Gasteiger partial charge is 0.360 e. The minimum absolute atomic E-state index is 0.0529. The number of aryl methyl sites for hydroxylation is 3. The number of piperazine rings is 1. The van der Waals surface area contributed by atoms with Gasteiger partial charge in [0.25, 0.3) is 0 Å². The van der Waals surface area contributed by atoms with Crippen molar-refractivity contribution in [2.75, 3.05) is 32.7 Å². The summed E-state index contributed by atoms with van der Waals surface area (Å²) < 4.78 is 33.8. The SMILES string of the molecule is Cc1noc(C)c1S(=O)(=O)N1CCN(CCn2c(C)csc2=O)CC1. The Hall–Kier alpha value is -1.49. The molecule has 0 bridgehead atoms. The number of aromatic nitrogens is 2. The topological polar surface area (TPSA) is 88.7 Å². The molecule has 0 unspecified atom stereocenters. The van der Waals surface area contributed by atoms with E-state index in [0.717, 1.165) is 12.2 Å². The van der Waals surface area contributed by atoms with Crippen LogP contribution in [0.5, 0.6) is 0 Å². The Kier molecular flexibility index (Phi) is 5.14. The van der Waals surface area contributed by atoms with Crippen LogP contribution >= 0.6 is 11.3 Å². The molecule has 3 rings (SSSR count). The maximum Gasteiger partial charge on any atom is 0.307 e. The summed E-state index contributed by atoms with van der Waals surface area (Å²) >= 11 is 1.21. The summed E-state index contributed by atoms with van der Waals surface area (Å²) in [6, 6.07) is 0. The van der Waals surface area contributed by atoms with Gasteiger partial charge in [0.2, 0.25) is 10.0 Å². The fraction of sp³-hybridized carbons (Fsp3) is 0.600. The van der Waals surface area contributed by atoms with Crippen LogP contribution in [-0.4, -0.2) is 60.1 Å². The first-order valence-corrected chi connectivity index (χ1v) is 10.4. The quantitative estimate of drug-likeness (QED) is 0.756. The van der Waals surface area contributed by atoms with Gasteiger partial charge in [-0.15, -0.1) is 0 Å². The minimum Gasteiger partial charge on any atom is -0.360 e. The van der Waals surface area contributed by atoms with Gasteiger partial charge < -0.3 is 9.09 Å². The molecule has 1 fully saturated rings. The van der Waals surface area contributed by atoms with Crippen molar-refractivity contribution < 1.29 is 12.9 Å². The molecule has 138 valence electrons. The van der Waals surface area contributed by atoms with Crippen molar-refractivity contribution in [3.8, 4) is 0 Å². The van der Waals surface area contributed by atoms with Crippen molar-refractivity contribution in [2.45, 2.75) is 32.2 Å². The van der Waals surface area contributed by atoms with Crippen LogP contribution in [0.4, 0.5) is 0 Å². The molecule has 0 aliphatic carbocycles. The van der Waals surface area contributed by atoms with Gasteiger partial charge in [-0.3, -0.25) is 9.69 Å². The van der Waals surface area contributed by atoms with Crippen LogP contribution in [0.25, 0.3) is 0 Å². The third-order valence-corrected chi connectivity index (χ3v) is 7.54. The van der Waals surface area contributed by atoms with Crippen LogP contribution < -0.4 is 4.87 Å². The lowest BCUT2D eigenvalue weighted by Crippen LogP contribution is -2.49. The lowest BCUT2D eigenvalue weighted by atomic mass is 10.3. The predicted octanol–water partition coefficient (Wildman–Crippen LogP) is 0.830. The summed E-state index contributed by atoms with van der Waals surface area (Å²) in [6.07, 6.45) is 0. The second kappa shape index (κ2) is 7.02. The first-order chi connectivity index (χ1) is 11.8. The fourth-order valence-corrected chi connectivity index (χ4v) is 5.56. The lowest BCUT2D eigenvalue weighted by Gasteiger charge is -2.33. The molecule has 0 aromatic carbocycles. The van der Waals surface area contributed by atoms with Crippen molar-refractivity contribution in [1.82, 2.24) is 18.9 Å². The molecule has 0 saturated carbocycles. The van der Waals surface area contributed by atoms with Gasteiger partial charge in [0.05, 0.1) is 0 Å². The Morgan fingerprint density at radius 3 is 2.36 bits per heavy atom. The minimum atomic E-state index is -3.58. The second-order valence-corrected chi connectivity index (χ2v) is 8.89. The highest BCUT2D eigenvalue weighted by molar-refractivity contribution is 7.89. The van der Waals surface area contributed by atoms with E-state index in [-0.39, 0.29) is 9.77 Å². The summed E-state index contributed by atoms with van der Waals surface area (Å²) in [5, 5.41) is 5.60. The van der Waals surface area contributed by atoms with Crippen molar-refractivity contribution in [3.05, 3.63) is 32.2 Å². The molecule has 1 aliphatic rings. The molecule has 2 aromatic rings. The molecular formula is C15H22N4O4S2. The molecule has 3 heterocycles. The molecule has 2 aromatic heterocycles. The Balaban J connectivity index is 1.61. The molecule has 1 aliphatic heterocycles. The standard InChI is InChI=1S/C15H22N4O4S2/c1-11-10-24-15(20)19(11)9-6-17-4-7-18(8-5-17)25(21,22)14-12(2)16-23-13(14)3/h10H,4-9H2,1-3H3. The average Bonchev–Trinajstić information content (AvgIpc) is 3.08. The summed E-state index contributed by atoms with van der Waals surface area (Å²) in [6.45, 7) is 8.66. The molecular weight excluding hydrogens is 364 g/mol. The monoisotopic (exact) mass is 386 g/mol. The van der Waals surface area contributed by atoms with Crippen LogP contribution in [0.2, 0.25) is 0 Å². The first-order valence-electron chi connectivity index (χ1n) is 8.11. The van der Waals surface area contributed by atoms with Gasteiger partial charge in [0.1, 0.15) is 10.6 Å². The van der Waals surface area contributed by atoms with E-state index in [2.05, 4.69) is 10.1 Å². The number of thiazole rings is 1. The molecule has 0 N–H and O–H groups in total. The molecule has 10 heteroatoms. The Bertz CT molecular complexity index is 885. The number of sulfonamides is 1. The Labute approximate surface area is 150 Å². The van der Waals surface area contributed by atoms with E-state index in [1.165, 1.54) is 15.6 Å². The maximum atomic E-state index is 12.8. The van der Waals surface area contributed by atoms with E-state index in [9.17, 15) is 13.2 Å².